The largest absolute Gasteiger partial charge is 0.459 e. The molecule has 15 heteroatoms. The Balaban J connectivity index is 2.21. The Labute approximate surface area is 309 Å². The number of likely N-dealkylation sites (N-methyl/N-ethyl adjacent to an activating group) is 1. The van der Waals surface area contributed by atoms with Crippen molar-refractivity contribution in [2.75, 3.05) is 21.2 Å². The molecular weight excluding hydrogens is 680 g/mol. The molecule has 0 aromatic carbocycles. The molecule has 3 aliphatic heterocycles. The van der Waals surface area contributed by atoms with E-state index in [1.54, 1.807) is 55.4 Å². The highest BCUT2D eigenvalue weighted by molar-refractivity contribution is 5.88. The van der Waals surface area contributed by atoms with Gasteiger partial charge in [-0.25, -0.2) is 0 Å². The van der Waals surface area contributed by atoms with Crippen LogP contribution in [0.4, 0.5) is 0 Å². The minimum absolute atomic E-state index is 0.0657. The maximum absolute atomic E-state index is 14.1. The van der Waals surface area contributed by atoms with Gasteiger partial charge in [0.05, 0.1) is 53.4 Å². The van der Waals surface area contributed by atoms with Crippen molar-refractivity contribution in [3.63, 3.8) is 0 Å². The number of aliphatic hydroxyl groups excluding tert-OH is 3. The zero-order valence-corrected chi connectivity index (χ0v) is 33.4. The first-order chi connectivity index (χ1) is 24.0. The van der Waals surface area contributed by atoms with Crippen LogP contribution in [-0.4, -0.2) is 153 Å². The average molecular weight is 749 g/mol. The minimum atomic E-state index is -1.97. The molecule has 304 valence electrons. The van der Waals surface area contributed by atoms with Crippen molar-refractivity contribution >= 4 is 11.7 Å². The number of methoxy groups -OCH3 is 1. The number of aliphatic hydroxyl groups is 5. The van der Waals surface area contributed by atoms with Gasteiger partial charge in [0, 0.05) is 37.3 Å². The third-order valence-electron chi connectivity index (χ3n) is 12.0. The minimum Gasteiger partial charge on any atom is -0.459 e. The summed E-state index contributed by atoms with van der Waals surface area (Å²) in [4.78, 5) is 16.0. The highest BCUT2D eigenvalue weighted by Crippen LogP contribution is 2.41. The van der Waals surface area contributed by atoms with Crippen LogP contribution in [0, 0.1) is 23.7 Å². The molecule has 3 rings (SSSR count). The Hall–Kier alpha value is -1.50. The summed E-state index contributed by atoms with van der Waals surface area (Å²) in [6.07, 6.45) is -9.51. The SMILES string of the molecule is CC[C@H]1OC(=O)[C@H](C)[C@@H](O[C@@H]2C[C@@](C)(OC)[C@@H](O)[C@H](C)O2)[C@H](C)[C@@H](O[C@@H]2O[C@H](C)C[C@H](N(C)C)[C@H]2O)[C@](C)(O)C[C@@H](C)C(=NO)[C@H](C)[C@@H](O)[C@]1(C)O. The van der Waals surface area contributed by atoms with E-state index in [0.29, 0.717) is 6.42 Å². The molecule has 52 heavy (non-hydrogen) atoms. The number of carbonyl (C=O) groups excluding carboxylic acids is 1. The van der Waals surface area contributed by atoms with E-state index in [0.717, 1.165) is 0 Å². The van der Waals surface area contributed by atoms with Crippen LogP contribution >= 0.6 is 0 Å². The molecule has 0 bridgehead atoms. The van der Waals surface area contributed by atoms with E-state index in [9.17, 15) is 35.5 Å². The molecule has 0 unspecified atom stereocenters. The van der Waals surface area contributed by atoms with Gasteiger partial charge >= 0.3 is 5.97 Å². The lowest BCUT2D eigenvalue weighted by atomic mass is 9.73. The summed E-state index contributed by atoms with van der Waals surface area (Å²) in [6, 6.07) is -0.322. The van der Waals surface area contributed by atoms with E-state index < -0.39 is 102 Å². The van der Waals surface area contributed by atoms with E-state index in [-0.39, 0.29) is 37.1 Å². The molecule has 0 spiro atoms. The second-order valence-electron chi connectivity index (χ2n) is 16.6. The van der Waals surface area contributed by atoms with Crippen molar-refractivity contribution in [2.24, 2.45) is 28.8 Å². The fourth-order valence-corrected chi connectivity index (χ4v) is 8.61. The van der Waals surface area contributed by atoms with Crippen LogP contribution in [0.1, 0.15) is 94.9 Å². The standard InChI is InChI=1S/C37H68N2O13/c1-14-25-37(10,45)30(41)20(4)27(38-46)18(2)16-35(8,44)32(52-34-28(40)24(39(11)12)15-19(3)48-34)21(5)29(22(6)33(43)50-25)51-26-17-36(9,47-13)31(42)23(7)49-26/h18-26,28-32,34,40-42,44-46H,14-17H2,1-13H3/t18-,19-,20+,21+,22-,23+,24+,25-,26-,28-,29+,30-,31+,32-,34+,35-,36-,37-/m1/s1. The predicted octanol–water partition coefficient (Wildman–Crippen LogP) is 2.05. The molecule has 0 amide bonds. The lowest BCUT2D eigenvalue weighted by Crippen LogP contribution is -2.61. The van der Waals surface area contributed by atoms with E-state index >= 15 is 0 Å². The Kier molecular flexibility index (Phi) is 15.1. The number of ether oxygens (including phenoxy) is 6. The molecule has 3 heterocycles. The molecule has 0 aliphatic carbocycles. The third kappa shape index (κ3) is 9.47. The van der Waals surface area contributed by atoms with Crippen molar-refractivity contribution in [3.8, 4) is 0 Å². The maximum atomic E-state index is 14.1. The summed E-state index contributed by atoms with van der Waals surface area (Å²) in [5.74, 6) is -4.24. The van der Waals surface area contributed by atoms with E-state index in [2.05, 4.69) is 5.16 Å². The summed E-state index contributed by atoms with van der Waals surface area (Å²) in [5.41, 5.74) is -4.68. The number of esters is 1. The van der Waals surface area contributed by atoms with Gasteiger partial charge in [0.25, 0.3) is 0 Å². The second-order valence-corrected chi connectivity index (χ2v) is 16.6. The molecular formula is C37H68N2O13. The number of carbonyl (C=O) groups is 1. The highest BCUT2D eigenvalue weighted by Gasteiger charge is 2.53. The molecule has 0 aromatic heterocycles. The van der Waals surface area contributed by atoms with E-state index in [1.807, 2.05) is 25.9 Å². The summed E-state index contributed by atoms with van der Waals surface area (Å²) >= 11 is 0. The van der Waals surface area contributed by atoms with Gasteiger partial charge in [0.2, 0.25) is 0 Å². The van der Waals surface area contributed by atoms with Crippen LogP contribution in [0.5, 0.6) is 0 Å². The first-order valence-electron chi connectivity index (χ1n) is 18.7. The quantitative estimate of drug-likeness (QED) is 0.125. The van der Waals surface area contributed by atoms with Crippen LogP contribution in [0.2, 0.25) is 0 Å². The van der Waals surface area contributed by atoms with Crippen LogP contribution in [0.25, 0.3) is 0 Å². The van der Waals surface area contributed by atoms with Gasteiger partial charge in [-0.1, -0.05) is 32.9 Å². The molecule has 3 fully saturated rings. The lowest BCUT2D eigenvalue weighted by molar-refractivity contribution is -0.317. The third-order valence-corrected chi connectivity index (χ3v) is 12.0. The Morgan fingerprint density at radius 3 is 2.08 bits per heavy atom. The molecule has 18 atom stereocenters. The topological polar surface area (TPSA) is 209 Å². The normalized spacial score (nSPS) is 49.8. The summed E-state index contributed by atoms with van der Waals surface area (Å²) in [6.45, 7) is 16.6. The molecule has 0 radical (unpaired) electrons. The molecule has 0 saturated carbocycles. The number of nitrogens with zero attached hydrogens (tertiary/aromatic N) is 2. The van der Waals surface area contributed by atoms with Gasteiger partial charge in [0.1, 0.15) is 23.9 Å². The zero-order chi connectivity index (χ0) is 39.7. The Bertz CT molecular complexity index is 1200. The van der Waals surface area contributed by atoms with Gasteiger partial charge in [0.15, 0.2) is 12.6 Å². The van der Waals surface area contributed by atoms with Crippen molar-refractivity contribution in [1.82, 2.24) is 4.90 Å². The fraction of sp³-hybridized carbons (Fsp3) is 0.946. The first-order valence-corrected chi connectivity index (χ1v) is 18.7. The first kappa shape index (κ1) is 44.9. The maximum Gasteiger partial charge on any atom is 0.311 e. The van der Waals surface area contributed by atoms with E-state index in [1.165, 1.54) is 14.0 Å². The van der Waals surface area contributed by atoms with Crippen molar-refractivity contribution < 1.29 is 64.0 Å². The fourth-order valence-electron chi connectivity index (χ4n) is 8.61. The number of rotatable bonds is 7. The van der Waals surface area contributed by atoms with Crippen LogP contribution < -0.4 is 0 Å². The Morgan fingerprint density at radius 2 is 1.54 bits per heavy atom. The van der Waals surface area contributed by atoms with Crippen molar-refractivity contribution in [3.05, 3.63) is 0 Å². The number of hydrogen-bond donors (Lipinski definition) is 6. The lowest BCUT2D eigenvalue weighted by Gasteiger charge is -2.49. The van der Waals surface area contributed by atoms with E-state index in [4.69, 9.17) is 28.4 Å². The summed E-state index contributed by atoms with van der Waals surface area (Å²) in [7, 11) is 5.19. The number of cyclic esters (lactones) is 1. The molecule has 15 nitrogen and oxygen atoms in total. The summed E-state index contributed by atoms with van der Waals surface area (Å²) < 4.78 is 37.2. The van der Waals surface area contributed by atoms with Crippen LogP contribution in [0.15, 0.2) is 5.16 Å². The monoisotopic (exact) mass is 748 g/mol. The molecule has 6 N–H and O–H groups in total. The van der Waals surface area contributed by atoms with Gasteiger partial charge in [-0.05, 0) is 74.9 Å². The van der Waals surface area contributed by atoms with Gasteiger partial charge in [-0.3, -0.25) is 4.79 Å². The van der Waals surface area contributed by atoms with Crippen LogP contribution in [-0.2, 0) is 33.2 Å². The molecule has 3 saturated heterocycles. The number of hydrogen-bond acceptors (Lipinski definition) is 15. The smallest absolute Gasteiger partial charge is 0.311 e. The Morgan fingerprint density at radius 1 is 0.923 bits per heavy atom. The number of oxime groups is 1. The highest BCUT2D eigenvalue weighted by atomic mass is 16.7. The zero-order valence-electron chi connectivity index (χ0n) is 33.4. The van der Waals surface area contributed by atoms with Crippen molar-refractivity contribution in [2.45, 2.75) is 179 Å². The van der Waals surface area contributed by atoms with Gasteiger partial charge in [-0.15, -0.1) is 0 Å². The second kappa shape index (κ2) is 17.5. The van der Waals surface area contributed by atoms with Crippen LogP contribution in [0.3, 0.4) is 0 Å². The summed E-state index contributed by atoms with van der Waals surface area (Å²) in [5, 5.41) is 71.8. The predicted molar refractivity (Wildman–Crippen MR) is 190 cm³/mol. The average Bonchev–Trinajstić information content (AvgIpc) is 3.06. The molecule has 3 aliphatic rings. The van der Waals surface area contributed by atoms with Crippen molar-refractivity contribution in [1.29, 1.82) is 0 Å². The van der Waals surface area contributed by atoms with Gasteiger partial charge < -0.3 is 64.1 Å². The molecule has 0 aromatic rings. The van der Waals surface area contributed by atoms with Gasteiger partial charge in [-0.2, -0.15) is 0 Å².